The number of rotatable bonds is 6. The number of halogens is 2. The molecule has 3 rings (SSSR count). The fourth-order valence-corrected chi connectivity index (χ4v) is 4.13. The second kappa shape index (κ2) is 9.19. The third kappa shape index (κ3) is 5.57. The Morgan fingerprint density at radius 3 is 2.65 bits per heavy atom. The van der Waals surface area contributed by atoms with Crippen molar-refractivity contribution in [1.82, 2.24) is 10.2 Å². The first-order valence-electron chi connectivity index (χ1n) is 7.54. The van der Waals surface area contributed by atoms with Gasteiger partial charge in [-0.25, -0.2) is 0 Å². The molecule has 0 fully saturated rings. The van der Waals surface area contributed by atoms with E-state index in [0.717, 1.165) is 20.5 Å². The monoisotopic (exact) mass is 421 g/mol. The van der Waals surface area contributed by atoms with Gasteiger partial charge in [-0.05, 0) is 35.4 Å². The predicted molar refractivity (Wildman–Crippen MR) is 110 cm³/mol. The smallest absolute Gasteiger partial charge is 0.250 e. The normalized spacial score (nSPS) is 11.0. The lowest BCUT2D eigenvalue weighted by Gasteiger charge is -2.00. The number of anilines is 1. The van der Waals surface area contributed by atoms with Crippen LogP contribution in [0, 0.1) is 0 Å². The minimum absolute atomic E-state index is 0.265. The van der Waals surface area contributed by atoms with E-state index >= 15 is 0 Å². The summed E-state index contributed by atoms with van der Waals surface area (Å²) in [5, 5.41) is 12.6. The first-order valence-corrected chi connectivity index (χ1v) is 10.1. The fraction of sp³-hybridized carbons (Fsp3) is 0.0556. The van der Waals surface area contributed by atoms with Gasteiger partial charge in [0.15, 0.2) is 4.34 Å². The molecular formula is C18H13Cl2N3OS2. The zero-order valence-electron chi connectivity index (χ0n) is 13.4. The Hall–Kier alpha value is -1.86. The number of benzene rings is 2. The highest BCUT2D eigenvalue weighted by Gasteiger charge is 2.08. The number of carbonyl (C=O) groups excluding carboxylic acids is 1. The third-order valence-electron chi connectivity index (χ3n) is 3.24. The Labute approximate surface area is 169 Å². The van der Waals surface area contributed by atoms with E-state index in [4.69, 9.17) is 23.2 Å². The number of thioether (sulfide) groups is 1. The molecule has 0 unspecified atom stereocenters. The SMILES string of the molecule is O=C(C=Cc1ccc(Cl)cc1)Nc1nnc(SCc2ccccc2Cl)s1. The zero-order valence-corrected chi connectivity index (χ0v) is 16.5. The standard InChI is InChI=1S/C18H13Cl2N3OS2/c19-14-8-5-12(6-9-14)7-10-16(24)21-17-22-23-18(26-17)25-11-13-3-1-2-4-15(13)20/h1-10H,11H2,(H,21,22,24). The van der Waals surface area contributed by atoms with Crippen molar-refractivity contribution in [3.63, 3.8) is 0 Å². The van der Waals surface area contributed by atoms with Crippen molar-refractivity contribution in [3.8, 4) is 0 Å². The molecule has 3 aromatic rings. The highest BCUT2D eigenvalue weighted by molar-refractivity contribution is 8.00. The topological polar surface area (TPSA) is 54.9 Å². The largest absolute Gasteiger partial charge is 0.297 e. The maximum Gasteiger partial charge on any atom is 0.250 e. The Morgan fingerprint density at radius 1 is 1.12 bits per heavy atom. The quantitative estimate of drug-likeness (QED) is 0.310. The van der Waals surface area contributed by atoms with E-state index in [0.29, 0.717) is 15.9 Å². The van der Waals surface area contributed by atoms with E-state index in [-0.39, 0.29) is 5.91 Å². The van der Waals surface area contributed by atoms with Crippen LogP contribution in [0.25, 0.3) is 6.08 Å². The molecule has 0 saturated heterocycles. The van der Waals surface area contributed by atoms with E-state index in [1.165, 1.54) is 29.2 Å². The second-order valence-electron chi connectivity index (χ2n) is 5.13. The van der Waals surface area contributed by atoms with Gasteiger partial charge >= 0.3 is 0 Å². The number of carbonyl (C=O) groups is 1. The lowest BCUT2D eigenvalue weighted by molar-refractivity contribution is -0.111. The average Bonchev–Trinajstić information content (AvgIpc) is 3.08. The number of hydrogen-bond acceptors (Lipinski definition) is 5. The van der Waals surface area contributed by atoms with E-state index in [2.05, 4.69) is 15.5 Å². The van der Waals surface area contributed by atoms with Crippen LogP contribution >= 0.6 is 46.3 Å². The molecular weight excluding hydrogens is 409 g/mol. The van der Waals surface area contributed by atoms with Gasteiger partial charge in [0.1, 0.15) is 0 Å². The van der Waals surface area contributed by atoms with E-state index in [1.54, 1.807) is 18.2 Å². The summed E-state index contributed by atoms with van der Waals surface area (Å²) in [7, 11) is 0. The van der Waals surface area contributed by atoms with Crippen LogP contribution in [0.2, 0.25) is 10.0 Å². The summed E-state index contributed by atoms with van der Waals surface area (Å²) in [5.74, 6) is 0.428. The fourth-order valence-electron chi connectivity index (χ4n) is 1.97. The van der Waals surface area contributed by atoms with Gasteiger partial charge in [-0.2, -0.15) is 0 Å². The third-order valence-corrected chi connectivity index (χ3v) is 5.88. The Balaban J connectivity index is 1.53. The van der Waals surface area contributed by atoms with Gasteiger partial charge in [-0.1, -0.05) is 76.6 Å². The van der Waals surface area contributed by atoms with Crippen LogP contribution in [0.1, 0.15) is 11.1 Å². The Morgan fingerprint density at radius 2 is 1.88 bits per heavy atom. The summed E-state index contributed by atoms with van der Waals surface area (Å²) in [5.41, 5.74) is 1.92. The summed E-state index contributed by atoms with van der Waals surface area (Å²) in [4.78, 5) is 12.0. The molecule has 0 aliphatic carbocycles. The molecule has 0 aliphatic heterocycles. The minimum Gasteiger partial charge on any atom is -0.297 e. The maximum atomic E-state index is 12.0. The molecule has 4 nitrogen and oxygen atoms in total. The van der Waals surface area contributed by atoms with Crippen LogP contribution < -0.4 is 5.32 Å². The average molecular weight is 422 g/mol. The molecule has 132 valence electrons. The van der Waals surface area contributed by atoms with Crippen molar-refractivity contribution in [2.45, 2.75) is 10.1 Å². The van der Waals surface area contributed by atoms with Crippen molar-refractivity contribution in [2.75, 3.05) is 5.32 Å². The number of amides is 1. The van der Waals surface area contributed by atoms with Crippen molar-refractivity contribution in [1.29, 1.82) is 0 Å². The van der Waals surface area contributed by atoms with Gasteiger partial charge in [0.25, 0.3) is 0 Å². The van der Waals surface area contributed by atoms with E-state index in [1.807, 2.05) is 36.4 Å². The van der Waals surface area contributed by atoms with Crippen LogP contribution in [-0.4, -0.2) is 16.1 Å². The molecule has 0 saturated carbocycles. The van der Waals surface area contributed by atoms with Crippen LogP contribution in [0.4, 0.5) is 5.13 Å². The Bertz CT molecular complexity index is 926. The molecule has 1 heterocycles. The lowest BCUT2D eigenvalue weighted by atomic mass is 10.2. The number of nitrogens with one attached hydrogen (secondary N) is 1. The van der Waals surface area contributed by atoms with Gasteiger partial charge < -0.3 is 0 Å². The molecule has 1 N–H and O–H groups in total. The highest BCUT2D eigenvalue weighted by Crippen LogP contribution is 2.30. The van der Waals surface area contributed by atoms with Crippen molar-refractivity contribution in [2.24, 2.45) is 0 Å². The van der Waals surface area contributed by atoms with E-state index in [9.17, 15) is 4.79 Å². The first kappa shape index (κ1) is 18.9. The van der Waals surface area contributed by atoms with Crippen LogP contribution in [-0.2, 0) is 10.5 Å². The molecule has 26 heavy (non-hydrogen) atoms. The lowest BCUT2D eigenvalue weighted by Crippen LogP contribution is -2.07. The highest BCUT2D eigenvalue weighted by atomic mass is 35.5. The van der Waals surface area contributed by atoms with Crippen LogP contribution in [0.3, 0.4) is 0 Å². The van der Waals surface area contributed by atoms with Gasteiger partial charge in [-0.15, -0.1) is 10.2 Å². The Kier molecular flexibility index (Phi) is 6.68. The molecule has 8 heteroatoms. The summed E-state index contributed by atoms with van der Waals surface area (Å²) >= 11 is 14.8. The summed E-state index contributed by atoms with van der Waals surface area (Å²) in [6, 6.07) is 14.9. The number of nitrogens with zero attached hydrogens (tertiary/aromatic N) is 2. The van der Waals surface area contributed by atoms with Gasteiger partial charge in [-0.3, -0.25) is 10.1 Å². The molecule has 2 aromatic carbocycles. The molecule has 0 spiro atoms. The maximum absolute atomic E-state index is 12.0. The van der Waals surface area contributed by atoms with Crippen molar-refractivity contribution in [3.05, 3.63) is 75.8 Å². The van der Waals surface area contributed by atoms with Gasteiger partial charge in [0.05, 0.1) is 0 Å². The number of aromatic nitrogens is 2. The molecule has 0 radical (unpaired) electrons. The second-order valence-corrected chi connectivity index (χ2v) is 8.17. The van der Waals surface area contributed by atoms with E-state index < -0.39 is 0 Å². The molecule has 1 amide bonds. The molecule has 0 bridgehead atoms. The van der Waals surface area contributed by atoms with Crippen molar-refractivity contribution >= 4 is 63.4 Å². The van der Waals surface area contributed by atoms with Gasteiger partial charge in [0.2, 0.25) is 11.0 Å². The molecule has 1 aromatic heterocycles. The summed E-state index contributed by atoms with van der Waals surface area (Å²) in [6.07, 6.45) is 3.15. The zero-order chi connectivity index (χ0) is 18.4. The van der Waals surface area contributed by atoms with Crippen LogP contribution in [0.15, 0.2) is 58.9 Å². The predicted octanol–water partition coefficient (Wildman–Crippen LogP) is 5.79. The number of hydrogen-bond donors (Lipinski definition) is 1. The minimum atomic E-state index is -0.265. The van der Waals surface area contributed by atoms with Gasteiger partial charge in [0, 0.05) is 21.9 Å². The summed E-state index contributed by atoms with van der Waals surface area (Å²) in [6.45, 7) is 0. The molecule has 0 aliphatic rings. The first-order chi connectivity index (χ1) is 12.6. The molecule has 0 atom stereocenters. The summed E-state index contributed by atoms with van der Waals surface area (Å²) < 4.78 is 0.766. The van der Waals surface area contributed by atoms with Crippen LogP contribution in [0.5, 0.6) is 0 Å². The van der Waals surface area contributed by atoms with Crippen molar-refractivity contribution < 1.29 is 4.79 Å².